The van der Waals surface area contributed by atoms with Gasteiger partial charge in [0.25, 0.3) is 5.91 Å². The number of hydrogen-bond donors (Lipinski definition) is 0. The molecule has 182 valence electrons. The number of alkyl halides is 3. The highest BCUT2D eigenvalue weighted by atomic mass is 32.2. The molecule has 2 heterocycles. The molecule has 12 heteroatoms. The van der Waals surface area contributed by atoms with Crippen molar-refractivity contribution in [2.75, 3.05) is 33.3 Å². The van der Waals surface area contributed by atoms with Gasteiger partial charge in [-0.25, -0.2) is 8.42 Å². The van der Waals surface area contributed by atoms with Crippen LogP contribution in [-0.2, 0) is 10.0 Å². The van der Waals surface area contributed by atoms with E-state index in [-0.39, 0.29) is 37.0 Å². The lowest BCUT2D eigenvalue weighted by molar-refractivity contribution is -0.274. The van der Waals surface area contributed by atoms with Crippen molar-refractivity contribution in [2.45, 2.75) is 18.2 Å². The minimum Gasteiger partial charge on any atom is -0.497 e. The van der Waals surface area contributed by atoms with E-state index in [1.807, 2.05) is 0 Å². The highest BCUT2D eigenvalue weighted by molar-refractivity contribution is 7.89. The number of halogens is 3. The zero-order valence-corrected chi connectivity index (χ0v) is 19.1. The van der Waals surface area contributed by atoms with Crippen LogP contribution in [-0.4, -0.2) is 63.2 Å². The Hall–Kier alpha value is -3.25. The molecule has 0 radical (unpaired) electrons. The maximum Gasteiger partial charge on any atom is 0.573 e. The molecule has 0 spiro atoms. The molecule has 8 nitrogen and oxygen atoms in total. The van der Waals surface area contributed by atoms with E-state index >= 15 is 0 Å². The first-order valence-electron chi connectivity index (χ1n) is 10.2. The second-order valence-electron chi connectivity index (χ2n) is 7.61. The first-order valence-corrected chi connectivity index (χ1v) is 11.7. The number of fused-ring (bicyclic) bond motifs is 1. The van der Waals surface area contributed by atoms with E-state index in [4.69, 9.17) is 9.15 Å². The van der Waals surface area contributed by atoms with Crippen LogP contribution in [0.5, 0.6) is 11.5 Å². The molecule has 1 aliphatic rings. The van der Waals surface area contributed by atoms with E-state index in [0.717, 1.165) is 24.3 Å². The number of furan rings is 1. The minimum atomic E-state index is -4.87. The molecule has 0 N–H and O–H groups in total. The monoisotopic (exact) mass is 498 g/mol. The number of carbonyl (C=O) groups excluding carboxylic acids is 1. The third kappa shape index (κ3) is 4.68. The lowest BCUT2D eigenvalue weighted by Crippen LogP contribution is -2.50. The third-order valence-electron chi connectivity index (χ3n) is 5.51. The van der Waals surface area contributed by atoms with Gasteiger partial charge < -0.3 is 18.8 Å². The average molecular weight is 498 g/mol. The molecular weight excluding hydrogens is 477 g/mol. The Morgan fingerprint density at radius 1 is 1.00 bits per heavy atom. The van der Waals surface area contributed by atoms with E-state index in [1.54, 1.807) is 30.0 Å². The first kappa shape index (κ1) is 23.9. The molecule has 2 aromatic carbocycles. The van der Waals surface area contributed by atoms with Crippen LogP contribution in [0.25, 0.3) is 11.0 Å². The van der Waals surface area contributed by atoms with E-state index in [2.05, 4.69) is 4.74 Å². The van der Waals surface area contributed by atoms with Crippen molar-refractivity contribution in [3.8, 4) is 11.5 Å². The summed E-state index contributed by atoms with van der Waals surface area (Å²) in [5, 5.41) is 0.609. The minimum absolute atomic E-state index is 0.0348. The standard InChI is InChI=1S/C22H21F3N2O6S/c1-14-20(18-13-16(31-2)5-8-19(18)32-14)21(28)26-9-11-27(12-10-26)34(29,30)17-6-3-15(4-7-17)33-22(23,24)25/h3-8,13H,9-12H2,1-2H3. The summed E-state index contributed by atoms with van der Waals surface area (Å²) in [6.45, 7) is 2.04. The quantitative estimate of drug-likeness (QED) is 0.532. The molecule has 3 aromatic rings. The van der Waals surface area contributed by atoms with Crippen LogP contribution in [0, 0.1) is 6.92 Å². The Bertz CT molecular complexity index is 1310. The molecule has 0 aliphatic carbocycles. The Morgan fingerprint density at radius 2 is 1.62 bits per heavy atom. The van der Waals surface area contributed by atoms with E-state index in [0.29, 0.717) is 28.0 Å². The lowest BCUT2D eigenvalue weighted by Gasteiger charge is -2.34. The Balaban J connectivity index is 1.47. The molecule has 1 amide bonds. The van der Waals surface area contributed by atoms with Gasteiger partial charge in [0.05, 0.1) is 17.6 Å². The van der Waals surface area contributed by atoms with Crippen molar-refractivity contribution in [1.82, 2.24) is 9.21 Å². The van der Waals surface area contributed by atoms with Crippen LogP contribution in [0.4, 0.5) is 13.2 Å². The molecule has 1 aliphatic heterocycles. The number of carbonyl (C=O) groups is 1. The zero-order chi connectivity index (χ0) is 24.7. The van der Waals surface area contributed by atoms with E-state index < -0.39 is 22.1 Å². The summed E-state index contributed by atoms with van der Waals surface area (Å²) < 4.78 is 78.7. The third-order valence-corrected chi connectivity index (χ3v) is 7.42. The number of sulfonamides is 1. The van der Waals surface area contributed by atoms with Gasteiger partial charge in [0.15, 0.2) is 0 Å². The molecule has 0 atom stereocenters. The number of aryl methyl sites for hydroxylation is 1. The van der Waals surface area contributed by atoms with Crippen LogP contribution in [0.2, 0.25) is 0 Å². The number of rotatable bonds is 5. The molecule has 1 aromatic heterocycles. The van der Waals surface area contributed by atoms with Gasteiger partial charge in [-0.3, -0.25) is 4.79 Å². The summed E-state index contributed by atoms with van der Waals surface area (Å²) in [5.41, 5.74) is 0.936. The number of benzene rings is 2. The maximum absolute atomic E-state index is 13.2. The summed E-state index contributed by atoms with van der Waals surface area (Å²) >= 11 is 0. The normalized spacial score (nSPS) is 15.5. The van der Waals surface area contributed by atoms with E-state index in [9.17, 15) is 26.4 Å². The Morgan fingerprint density at radius 3 is 2.21 bits per heavy atom. The largest absolute Gasteiger partial charge is 0.573 e. The summed E-state index contributed by atoms with van der Waals surface area (Å²) in [5.74, 6) is 0.228. The van der Waals surface area contributed by atoms with Crippen molar-refractivity contribution in [3.63, 3.8) is 0 Å². The maximum atomic E-state index is 13.2. The number of nitrogens with zero attached hydrogens (tertiary/aromatic N) is 2. The smallest absolute Gasteiger partial charge is 0.497 e. The van der Waals surface area contributed by atoms with Gasteiger partial charge >= 0.3 is 6.36 Å². The summed E-state index contributed by atoms with van der Waals surface area (Å²) in [6.07, 6.45) is -4.87. The van der Waals surface area contributed by atoms with Crippen LogP contribution in [0.1, 0.15) is 16.1 Å². The van der Waals surface area contributed by atoms with Gasteiger partial charge in [-0.05, 0) is 49.4 Å². The number of amides is 1. The number of piperazine rings is 1. The van der Waals surface area contributed by atoms with Crippen molar-refractivity contribution in [2.24, 2.45) is 0 Å². The van der Waals surface area contributed by atoms with Crippen LogP contribution in [0.15, 0.2) is 51.8 Å². The fourth-order valence-electron chi connectivity index (χ4n) is 3.84. The van der Waals surface area contributed by atoms with Crippen molar-refractivity contribution >= 4 is 26.9 Å². The molecule has 34 heavy (non-hydrogen) atoms. The van der Waals surface area contributed by atoms with Gasteiger partial charge in [0.1, 0.15) is 22.8 Å². The molecule has 1 saturated heterocycles. The zero-order valence-electron chi connectivity index (χ0n) is 18.3. The van der Waals surface area contributed by atoms with Crippen LogP contribution >= 0.6 is 0 Å². The number of methoxy groups -OCH3 is 1. The molecule has 1 fully saturated rings. The van der Waals surface area contributed by atoms with E-state index in [1.165, 1.54) is 11.4 Å². The fourth-order valence-corrected chi connectivity index (χ4v) is 5.27. The first-order chi connectivity index (χ1) is 16.0. The van der Waals surface area contributed by atoms with Crippen LogP contribution < -0.4 is 9.47 Å². The fraction of sp³-hybridized carbons (Fsp3) is 0.318. The Labute approximate surface area is 193 Å². The summed E-state index contributed by atoms with van der Waals surface area (Å²) in [6, 6.07) is 9.16. The molecule has 0 saturated carbocycles. The van der Waals surface area contributed by atoms with Gasteiger partial charge in [-0.1, -0.05) is 0 Å². The molecule has 0 unspecified atom stereocenters. The van der Waals surface area contributed by atoms with Gasteiger partial charge in [-0.15, -0.1) is 13.2 Å². The second kappa shape index (κ2) is 8.84. The topological polar surface area (TPSA) is 89.3 Å². The van der Waals surface area contributed by atoms with Gasteiger partial charge in [-0.2, -0.15) is 4.31 Å². The average Bonchev–Trinajstić information content (AvgIpc) is 3.12. The number of hydrogen-bond acceptors (Lipinski definition) is 6. The van der Waals surface area contributed by atoms with Crippen LogP contribution in [0.3, 0.4) is 0 Å². The summed E-state index contributed by atoms with van der Waals surface area (Å²) in [4.78, 5) is 14.6. The highest BCUT2D eigenvalue weighted by Crippen LogP contribution is 2.31. The van der Waals surface area contributed by atoms with Crippen molar-refractivity contribution < 1.29 is 40.3 Å². The Kier molecular flexibility index (Phi) is 6.21. The SMILES string of the molecule is COc1ccc2oc(C)c(C(=O)N3CCN(S(=O)(=O)c4ccc(OC(F)(F)F)cc4)CC3)c2c1. The highest BCUT2D eigenvalue weighted by Gasteiger charge is 2.33. The molecular formula is C22H21F3N2O6S. The predicted octanol–water partition coefficient (Wildman–Crippen LogP) is 3.80. The molecule has 4 rings (SSSR count). The predicted molar refractivity (Wildman–Crippen MR) is 115 cm³/mol. The molecule has 0 bridgehead atoms. The second-order valence-corrected chi connectivity index (χ2v) is 9.55. The number of ether oxygens (including phenoxy) is 2. The van der Waals surface area contributed by atoms with Crippen molar-refractivity contribution in [1.29, 1.82) is 0 Å². The lowest BCUT2D eigenvalue weighted by atomic mass is 10.1. The summed E-state index contributed by atoms with van der Waals surface area (Å²) in [7, 11) is -2.43. The van der Waals surface area contributed by atoms with Gasteiger partial charge in [0.2, 0.25) is 10.0 Å². The van der Waals surface area contributed by atoms with Crippen molar-refractivity contribution in [3.05, 3.63) is 53.8 Å². The van der Waals surface area contributed by atoms with Gasteiger partial charge in [0, 0.05) is 31.6 Å².